The molecule has 0 radical (unpaired) electrons. The second-order valence-corrected chi connectivity index (χ2v) is 3.89. The van der Waals surface area contributed by atoms with Gasteiger partial charge in [-0.25, -0.2) is 0 Å². The van der Waals surface area contributed by atoms with E-state index >= 15 is 0 Å². The van der Waals surface area contributed by atoms with Gasteiger partial charge in [-0.05, 0) is 32.3 Å². The van der Waals surface area contributed by atoms with Crippen molar-refractivity contribution < 1.29 is 5.11 Å². The minimum absolute atomic E-state index is 0.281. The molecule has 1 aromatic heterocycles. The summed E-state index contributed by atoms with van der Waals surface area (Å²) in [5.74, 6) is 2.66. The van der Waals surface area contributed by atoms with E-state index in [1.807, 2.05) is 6.92 Å². The average Bonchev–Trinajstić information content (AvgIpc) is 2.47. The molecule has 1 aliphatic carbocycles. The van der Waals surface area contributed by atoms with E-state index in [0.717, 1.165) is 30.5 Å². The van der Waals surface area contributed by atoms with Crippen LogP contribution in [0.2, 0.25) is 0 Å². The summed E-state index contributed by atoms with van der Waals surface area (Å²) >= 11 is 0. The summed E-state index contributed by atoms with van der Waals surface area (Å²) in [6.07, 6.45) is 8.02. The molecule has 1 aliphatic rings. The molecule has 1 N–H and O–H groups in total. The third-order valence-electron chi connectivity index (χ3n) is 2.95. The van der Waals surface area contributed by atoms with Crippen LogP contribution in [0.1, 0.15) is 35.9 Å². The summed E-state index contributed by atoms with van der Waals surface area (Å²) in [5.41, 5.74) is 3.48. The monoisotopic (exact) mass is 189 g/mol. The van der Waals surface area contributed by atoms with Crippen LogP contribution in [-0.2, 0) is 13.0 Å². The van der Waals surface area contributed by atoms with E-state index in [1.54, 1.807) is 0 Å². The highest BCUT2D eigenvalue weighted by molar-refractivity contribution is 5.32. The molecular weight excluding hydrogens is 174 g/mol. The Morgan fingerprint density at radius 2 is 2.50 bits per heavy atom. The lowest BCUT2D eigenvalue weighted by Crippen LogP contribution is -2.12. The molecule has 1 heterocycles. The maximum atomic E-state index is 9.80. The molecule has 1 atom stereocenters. The highest BCUT2D eigenvalue weighted by atomic mass is 16.3. The van der Waals surface area contributed by atoms with E-state index in [2.05, 4.69) is 16.6 Å². The Labute approximate surface area is 84.6 Å². The third kappa shape index (κ3) is 1.34. The van der Waals surface area contributed by atoms with Gasteiger partial charge in [-0.2, -0.15) is 0 Å². The Kier molecular flexibility index (Phi) is 2.35. The number of aliphatic hydroxyl groups is 1. The summed E-state index contributed by atoms with van der Waals surface area (Å²) in [4.78, 5) is 0. The van der Waals surface area contributed by atoms with Crippen LogP contribution in [0.15, 0.2) is 6.07 Å². The van der Waals surface area contributed by atoms with Crippen molar-refractivity contribution in [2.24, 2.45) is 0 Å². The Morgan fingerprint density at radius 1 is 1.71 bits per heavy atom. The topological polar surface area (TPSA) is 25.2 Å². The van der Waals surface area contributed by atoms with Crippen LogP contribution in [0.3, 0.4) is 0 Å². The van der Waals surface area contributed by atoms with E-state index in [9.17, 15) is 5.11 Å². The Morgan fingerprint density at radius 3 is 3.21 bits per heavy atom. The molecule has 1 aromatic rings. The highest BCUT2D eigenvalue weighted by Gasteiger charge is 2.22. The first kappa shape index (κ1) is 9.36. The Balaban J connectivity index is 2.47. The number of terminal acetylenes is 1. The molecule has 2 rings (SSSR count). The van der Waals surface area contributed by atoms with Crippen LogP contribution < -0.4 is 0 Å². The second-order valence-electron chi connectivity index (χ2n) is 3.89. The minimum Gasteiger partial charge on any atom is -0.388 e. The lowest BCUT2D eigenvalue weighted by atomic mass is 9.95. The number of hydrogen-bond donors (Lipinski definition) is 1. The number of rotatable bonds is 1. The lowest BCUT2D eigenvalue weighted by molar-refractivity contribution is 0.156. The van der Waals surface area contributed by atoms with Gasteiger partial charge in [0.25, 0.3) is 0 Å². The van der Waals surface area contributed by atoms with Gasteiger partial charge >= 0.3 is 0 Å². The van der Waals surface area contributed by atoms with Crippen molar-refractivity contribution in [2.45, 2.75) is 38.8 Å². The fourth-order valence-electron chi connectivity index (χ4n) is 2.25. The standard InChI is InChI=1S/C12H15NO/c1-3-7-13-9(2)8-10-11(13)5-4-6-12(10)14/h1,8,12,14H,4-7H2,2H3. The molecule has 2 heteroatoms. The van der Waals surface area contributed by atoms with Crippen molar-refractivity contribution >= 4 is 0 Å². The average molecular weight is 189 g/mol. The van der Waals surface area contributed by atoms with Crippen LogP contribution in [0.25, 0.3) is 0 Å². The third-order valence-corrected chi connectivity index (χ3v) is 2.95. The molecule has 0 spiro atoms. The number of aromatic nitrogens is 1. The van der Waals surface area contributed by atoms with E-state index in [0.29, 0.717) is 6.54 Å². The van der Waals surface area contributed by atoms with Crippen molar-refractivity contribution in [3.63, 3.8) is 0 Å². The first-order valence-corrected chi connectivity index (χ1v) is 5.04. The second kappa shape index (κ2) is 3.51. The van der Waals surface area contributed by atoms with Crippen LogP contribution >= 0.6 is 0 Å². The largest absolute Gasteiger partial charge is 0.388 e. The molecule has 0 bridgehead atoms. The maximum Gasteiger partial charge on any atom is 0.0834 e. The van der Waals surface area contributed by atoms with Gasteiger partial charge in [0.15, 0.2) is 0 Å². The molecule has 0 fully saturated rings. The van der Waals surface area contributed by atoms with Gasteiger partial charge in [0.2, 0.25) is 0 Å². The fraction of sp³-hybridized carbons (Fsp3) is 0.500. The Bertz CT molecular complexity index is 384. The van der Waals surface area contributed by atoms with Gasteiger partial charge < -0.3 is 9.67 Å². The van der Waals surface area contributed by atoms with Crippen molar-refractivity contribution in [1.82, 2.24) is 4.57 Å². The maximum absolute atomic E-state index is 9.80. The van der Waals surface area contributed by atoms with E-state index in [-0.39, 0.29) is 6.10 Å². The summed E-state index contributed by atoms with van der Waals surface area (Å²) in [5, 5.41) is 9.80. The molecule has 0 amide bonds. The minimum atomic E-state index is -0.281. The molecule has 2 nitrogen and oxygen atoms in total. The molecule has 0 aliphatic heterocycles. The SMILES string of the molecule is C#CCn1c(C)cc2c1CCCC2O. The number of aryl methyl sites for hydroxylation is 1. The zero-order chi connectivity index (χ0) is 10.1. The quantitative estimate of drug-likeness (QED) is 0.669. The molecule has 0 saturated heterocycles. The van der Waals surface area contributed by atoms with Crippen LogP contribution in [0.5, 0.6) is 0 Å². The van der Waals surface area contributed by atoms with Gasteiger partial charge in [-0.15, -0.1) is 6.42 Å². The van der Waals surface area contributed by atoms with Crippen LogP contribution in [0, 0.1) is 19.3 Å². The van der Waals surface area contributed by atoms with Gasteiger partial charge in [-0.1, -0.05) is 5.92 Å². The predicted octanol–water partition coefficient (Wildman–Crippen LogP) is 1.80. The summed E-state index contributed by atoms with van der Waals surface area (Å²) in [7, 11) is 0. The summed E-state index contributed by atoms with van der Waals surface area (Å²) in [6.45, 7) is 2.66. The zero-order valence-electron chi connectivity index (χ0n) is 8.45. The van der Waals surface area contributed by atoms with Gasteiger partial charge in [0.1, 0.15) is 0 Å². The fourth-order valence-corrected chi connectivity index (χ4v) is 2.25. The first-order chi connectivity index (χ1) is 6.74. The number of nitrogens with zero attached hydrogens (tertiary/aromatic N) is 1. The summed E-state index contributed by atoms with van der Waals surface area (Å²) in [6, 6.07) is 2.07. The predicted molar refractivity (Wildman–Crippen MR) is 55.9 cm³/mol. The smallest absolute Gasteiger partial charge is 0.0834 e. The van der Waals surface area contributed by atoms with E-state index in [4.69, 9.17) is 6.42 Å². The normalized spacial score (nSPS) is 20.2. The zero-order valence-corrected chi connectivity index (χ0v) is 8.45. The van der Waals surface area contributed by atoms with Crippen molar-refractivity contribution in [3.8, 4) is 12.3 Å². The van der Waals surface area contributed by atoms with Gasteiger partial charge in [0, 0.05) is 17.0 Å². The van der Waals surface area contributed by atoms with Gasteiger partial charge in [0.05, 0.1) is 12.6 Å². The van der Waals surface area contributed by atoms with Crippen molar-refractivity contribution in [2.75, 3.05) is 0 Å². The number of fused-ring (bicyclic) bond motifs is 1. The lowest BCUT2D eigenvalue weighted by Gasteiger charge is -2.19. The van der Waals surface area contributed by atoms with E-state index in [1.165, 1.54) is 5.69 Å². The molecule has 0 saturated carbocycles. The molecule has 0 aromatic carbocycles. The van der Waals surface area contributed by atoms with Crippen molar-refractivity contribution in [3.05, 3.63) is 23.0 Å². The first-order valence-electron chi connectivity index (χ1n) is 5.04. The number of aliphatic hydroxyl groups excluding tert-OH is 1. The molecule has 74 valence electrons. The van der Waals surface area contributed by atoms with Crippen molar-refractivity contribution in [1.29, 1.82) is 0 Å². The van der Waals surface area contributed by atoms with Crippen LogP contribution in [0.4, 0.5) is 0 Å². The highest BCUT2D eigenvalue weighted by Crippen LogP contribution is 2.31. The summed E-state index contributed by atoms with van der Waals surface area (Å²) < 4.78 is 2.14. The molecule has 1 unspecified atom stereocenters. The van der Waals surface area contributed by atoms with E-state index < -0.39 is 0 Å². The molecular formula is C12H15NO. The Hall–Kier alpha value is -1.20. The number of hydrogen-bond acceptors (Lipinski definition) is 1. The molecule has 14 heavy (non-hydrogen) atoms. The van der Waals surface area contributed by atoms with Gasteiger partial charge in [-0.3, -0.25) is 0 Å². The van der Waals surface area contributed by atoms with Crippen LogP contribution in [-0.4, -0.2) is 9.67 Å².